The fraction of sp³-hybridized carbons (Fsp3) is 0.500. The lowest BCUT2D eigenvalue weighted by molar-refractivity contribution is 0.0540. The molecule has 116 valence electrons. The molecular formula is C14H23Cl2NO3. The second-order valence-corrected chi connectivity index (χ2v) is 4.56. The number of ether oxygens (including phenoxy) is 1. The molecule has 1 N–H and O–H groups in total. The first-order valence-electron chi connectivity index (χ1n) is 6.20. The lowest BCUT2D eigenvalue weighted by atomic mass is 10.2. The first-order chi connectivity index (χ1) is 8.58. The molecule has 0 aliphatic carbocycles. The van der Waals surface area contributed by atoms with Crippen LogP contribution >= 0.6 is 24.8 Å². The Morgan fingerprint density at radius 2 is 1.90 bits per heavy atom. The van der Waals surface area contributed by atoms with E-state index >= 15 is 0 Å². The van der Waals surface area contributed by atoms with Crippen molar-refractivity contribution in [3.05, 3.63) is 35.9 Å². The summed E-state index contributed by atoms with van der Waals surface area (Å²) in [4.78, 5) is 12.5. The Morgan fingerprint density at radius 3 is 2.45 bits per heavy atom. The van der Waals surface area contributed by atoms with E-state index in [-0.39, 0.29) is 30.9 Å². The second-order valence-electron chi connectivity index (χ2n) is 4.56. The number of benzene rings is 1. The zero-order valence-electron chi connectivity index (χ0n) is 11.8. The molecule has 0 bridgehead atoms. The summed E-state index contributed by atoms with van der Waals surface area (Å²) in [5, 5.41) is 8.45. The molecule has 0 amide bonds. The summed E-state index contributed by atoms with van der Waals surface area (Å²) >= 11 is 0. The Balaban J connectivity index is 0. The molecule has 6 heteroatoms. The first-order valence-corrected chi connectivity index (χ1v) is 6.20. The van der Waals surface area contributed by atoms with Crippen LogP contribution in [-0.2, 0) is 11.3 Å². The fourth-order valence-corrected chi connectivity index (χ4v) is 1.85. The van der Waals surface area contributed by atoms with E-state index in [2.05, 4.69) is 28.8 Å². The molecule has 0 aliphatic rings. The minimum atomic E-state index is -1.19. The van der Waals surface area contributed by atoms with E-state index in [1.807, 2.05) is 18.2 Å². The standard InChI is InChI=1S/C14H21NO3.2ClH/c1-12(18-14(16)17)7-6-10-15(2)11-13-8-4-3-5-9-13;;/h3-5,8-9,12H,6-7,10-11H2,1-2H3,(H,16,17);2*1H. The highest BCUT2D eigenvalue weighted by Crippen LogP contribution is 2.06. The third-order valence-electron chi connectivity index (χ3n) is 2.75. The monoisotopic (exact) mass is 323 g/mol. The average molecular weight is 324 g/mol. The van der Waals surface area contributed by atoms with Crippen LogP contribution in [0.5, 0.6) is 0 Å². The smallest absolute Gasteiger partial charge is 0.450 e. The Hall–Kier alpha value is -0.970. The van der Waals surface area contributed by atoms with Crippen LogP contribution in [0.1, 0.15) is 25.3 Å². The predicted molar refractivity (Wildman–Crippen MR) is 85.1 cm³/mol. The van der Waals surface area contributed by atoms with Crippen molar-refractivity contribution in [1.82, 2.24) is 4.90 Å². The van der Waals surface area contributed by atoms with Crippen molar-refractivity contribution < 1.29 is 14.6 Å². The Morgan fingerprint density at radius 1 is 1.30 bits per heavy atom. The Bertz CT molecular complexity index is 363. The highest BCUT2D eigenvalue weighted by atomic mass is 35.5. The van der Waals surface area contributed by atoms with Gasteiger partial charge in [-0.2, -0.15) is 0 Å². The van der Waals surface area contributed by atoms with Crippen LogP contribution in [0.15, 0.2) is 30.3 Å². The largest absolute Gasteiger partial charge is 0.506 e. The van der Waals surface area contributed by atoms with Crippen LogP contribution in [0.25, 0.3) is 0 Å². The van der Waals surface area contributed by atoms with E-state index in [1.165, 1.54) is 5.56 Å². The molecule has 0 aromatic heterocycles. The molecule has 0 heterocycles. The zero-order chi connectivity index (χ0) is 13.4. The van der Waals surface area contributed by atoms with Crippen molar-refractivity contribution in [2.45, 2.75) is 32.4 Å². The van der Waals surface area contributed by atoms with Crippen LogP contribution in [0.4, 0.5) is 4.79 Å². The van der Waals surface area contributed by atoms with E-state index in [0.29, 0.717) is 0 Å². The summed E-state index contributed by atoms with van der Waals surface area (Å²) in [6.07, 6.45) is 0.260. The normalized spacial score (nSPS) is 11.2. The minimum Gasteiger partial charge on any atom is -0.450 e. The van der Waals surface area contributed by atoms with E-state index < -0.39 is 6.16 Å². The maximum atomic E-state index is 10.3. The maximum absolute atomic E-state index is 10.3. The number of hydrogen-bond donors (Lipinski definition) is 1. The third kappa shape index (κ3) is 9.89. The van der Waals surface area contributed by atoms with Crippen molar-refractivity contribution in [1.29, 1.82) is 0 Å². The number of carbonyl (C=O) groups is 1. The summed E-state index contributed by atoms with van der Waals surface area (Å²) in [6.45, 7) is 3.63. The molecule has 1 aromatic carbocycles. The molecule has 0 fully saturated rings. The number of halogens is 2. The molecule has 1 atom stereocenters. The predicted octanol–water partition coefficient (Wildman–Crippen LogP) is 3.83. The van der Waals surface area contributed by atoms with Crippen LogP contribution in [0.3, 0.4) is 0 Å². The lowest BCUT2D eigenvalue weighted by Gasteiger charge is -2.17. The van der Waals surface area contributed by atoms with Gasteiger partial charge in [-0.15, -0.1) is 24.8 Å². The molecule has 0 saturated carbocycles. The van der Waals surface area contributed by atoms with Crippen molar-refractivity contribution in [3.63, 3.8) is 0 Å². The van der Waals surface area contributed by atoms with Gasteiger partial charge in [-0.25, -0.2) is 4.79 Å². The molecule has 1 unspecified atom stereocenters. The van der Waals surface area contributed by atoms with Crippen LogP contribution in [-0.4, -0.2) is 35.9 Å². The average Bonchev–Trinajstić information content (AvgIpc) is 2.29. The number of rotatable bonds is 7. The van der Waals surface area contributed by atoms with Gasteiger partial charge < -0.3 is 14.7 Å². The van der Waals surface area contributed by atoms with Crippen molar-refractivity contribution in [2.75, 3.05) is 13.6 Å². The first kappa shape index (κ1) is 21.3. The second kappa shape index (κ2) is 11.8. The molecule has 4 nitrogen and oxygen atoms in total. The van der Waals surface area contributed by atoms with E-state index in [9.17, 15) is 4.79 Å². The van der Waals surface area contributed by atoms with Crippen LogP contribution in [0, 0.1) is 0 Å². The van der Waals surface area contributed by atoms with Gasteiger partial charge in [0.25, 0.3) is 0 Å². The van der Waals surface area contributed by atoms with Gasteiger partial charge in [-0.3, -0.25) is 0 Å². The summed E-state index contributed by atoms with van der Waals surface area (Å²) in [5.74, 6) is 0. The van der Waals surface area contributed by atoms with E-state index in [0.717, 1.165) is 25.9 Å². The van der Waals surface area contributed by atoms with Gasteiger partial charge in [0.1, 0.15) is 6.10 Å². The van der Waals surface area contributed by atoms with Gasteiger partial charge in [0.05, 0.1) is 0 Å². The summed E-state index contributed by atoms with van der Waals surface area (Å²) in [6, 6.07) is 10.3. The number of nitrogens with zero attached hydrogens (tertiary/aromatic N) is 1. The van der Waals surface area contributed by atoms with Gasteiger partial charge in [-0.05, 0) is 38.9 Å². The molecule has 0 saturated heterocycles. The fourth-order valence-electron chi connectivity index (χ4n) is 1.85. The topological polar surface area (TPSA) is 49.8 Å². The van der Waals surface area contributed by atoms with Gasteiger partial charge >= 0.3 is 6.16 Å². The third-order valence-corrected chi connectivity index (χ3v) is 2.75. The molecular weight excluding hydrogens is 301 g/mol. The quantitative estimate of drug-likeness (QED) is 0.775. The Kier molecular flexibility index (Phi) is 12.6. The summed E-state index contributed by atoms with van der Waals surface area (Å²) in [5.41, 5.74) is 1.29. The van der Waals surface area contributed by atoms with Crippen LogP contribution in [0.2, 0.25) is 0 Å². The number of hydrogen-bond acceptors (Lipinski definition) is 3. The zero-order valence-corrected chi connectivity index (χ0v) is 13.5. The maximum Gasteiger partial charge on any atom is 0.506 e. The van der Waals surface area contributed by atoms with Crippen molar-refractivity contribution in [3.8, 4) is 0 Å². The van der Waals surface area contributed by atoms with Crippen molar-refractivity contribution in [2.24, 2.45) is 0 Å². The molecule has 20 heavy (non-hydrogen) atoms. The van der Waals surface area contributed by atoms with Gasteiger partial charge in [-0.1, -0.05) is 30.3 Å². The van der Waals surface area contributed by atoms with E-state index in [4.69, 9.17) is 5.11 Å². The highest BCUT2D eigenvalue weighted by molar-refractivity contribution is 5.85. The Labute approximate surface area is 132 Å². The molecule has 1 rings (SSSR count). The van der Waals surface area contributed by atoms with Gasteiger partial charge in [0.15, 0.2) is 0 Å². The van der Waals surface area contributed by atoms with Gasteiger partial charge in [0, 0.05) is 6.54 Å². The molecule has 0 aliphatic heterocycles. The lowest BCUT2D eigenvalue weighted by Crippen LogP contribution is -2.21. The van der Waals surface area contributed by atoms with E-state index in [1.54, 1.807) is 6.92 Å². The highest BCUT2D eigenvalue weighted by Gasteiger charge is 2.07. The minimum absolute atomic E-state index is 0. The SMILES string of the molecule is CC(CCCN(C)Cc1ccccc1)OC(=O)O.Cl.Cl. The summed E-state index contributed by atoms with van der Waals surface area (Å²) < 4.78 is 4.65. The molecule has 0 radical (unpaired) electrons. The molecule has 0 spiro atoms. The number of carboxylic acid groups (broad SMARTS) is 1. The van der Waals surface area contributed by atoms with Gasteiger partial charge in [0.2, 0.25) is 0 Å². The van der Waals surface area contributed by atoms with Crippen molar-refractivity contribution >= 4 is 31.0 Å². The molecule has 1 aromatic rings. The van der Waals surface area contributed by atoms with Crippen LogP contribution < -0.4 is 0 Å². The summed E-state index contributed by atoms with van der Waals surface area (Å²) in [7, 11) is 2.07.